The molecule has 1 saturated carbocycles. The van der Waals surface area contributed by atoms with Gasteiger partial charge in [-0.3, -0.25) is 14.7 Å². The first-order chi connectivity index (χ1) is 16.2. The molecular formula is C27H35N5O. The van der Waals surface area contributed by atoms with Crippen LogP contribution in [0.2, 0.25) is 0 Å². The van der Waals surface area contributed by atoms with Gasteiger partial charge in [0.2, 0.25) is 5.91 Å². The van der Waals surface area contributed by atoms with Gasteiger partial charge >= 0.3 is 0 Å². The minimum absolute atomic E-state index is 0.0386. The van der Waals surface area contributed by atoms with E-state index in [9.17, 15) is 4.79 Å². The minimum atomic E-state index is -0.0386. The molecule has 0 unspecified atom stereocenters. The van der Waals surface area contributed by atoms with Crippen LogP contribution < -0.4 is 5.32 Å². The molecule has 5 rings (SSSR count). The number of carbonyl (C=O) groups is 1. The second-order valence-corrected chi connectivity index (χ2v) is 9.87. The third kappa shape index (κ3) is 5.11. The maximum absolute atomic E-state index is 13.0. The average molecular weight is 446 g/mol. The summed E-state index contributed by atoms with van der Waals surface area (Å²) in [6.45, 7) is 2.82. The number of para-hydroxylation sites is 2. The maximum Gasteiger partial charge on any atom is 0.220 e. The van der Waals surface area contributed by atoms with Gasteiger partial charge in [0, 0.05) is 26.2 Å². The van der Waals surface area contributed by atoms with Crippen molar-refractivity contribution >= 4 is 16.9 Å². The Morgan fingerprint density at radius 2 is 1.91 bits per heavy atom. The molecule has 33 heavy (non-hydrogen) atoms. The number of nitrogens with one attached hydrogen (secondary N) is 1. The first kappa shape index (κ1) is 22.1. The molecule has 3 aromatic rings. The highest BCUT2D eigenvalue weighted by Gasteiger charge is 2.31. The van der Waals surface area contributed by atoms with E-state index >= 15 is 0 Å². The molecule has 1 aromatic carbocycles. The average Bonchev–Trinajstić information content (AvgIpc) is 3.46. The van der Waals surface area contributed by atoms with Crippen LogP contribution in [0.25, 0.3) is 11.0 Å². The maximum atomic E-state index is 13.0. The Morgan fingerprint density at radius 1 is 1.09 bits per heavy atom. The van der Waals surface area contributed by atoms with Crippen molar-refractivity contribution in [1.82, 2.24) is 24.8 Å². The van der Waals surface area contributed by atoms with Crippen molar-refractivity contribution in [2.24, 2.45) is 18.9 Å². The fraction of sp³-hybridized carbons (Fsp3) is 0.519. The predicted octanol–water partition coefficient (Wildman–Crippen LogP) is 4.62. The quantitative estimate of drug-likeness (QED) is 0.576. The summed E-state index contributed by atoms with van der Waals surface area (Å²) in [6.07, 6.45) is 9.63. The van der Waals surface area contributed by atoms with E-state index in [1.54, 1.807) is 0 Å². The molecule has 0 spiro atoms. The zero-order chi connectivity index (χ0) is 22.6. The van der Waals surface area contributed by atoms with E-state index in [0.29, 0.717) is 18.3 Å². The number of likely N-dealkylation sites (tertiary alicyclic amines) is 1. The minimum Gasteiger partial charge on any atom is -0.347 e. The van der Waals surface area contributed by atoms with Crippen molar-refractivity contribution in [2.75, 3.05) is 13.1 Å². The van der Waals surface area contributed by atoms with E-state index in [1.165, 1.54) is 31.2 Å². The van der Waals surface area contributed by atoms with Gasteiger partial charge in [0.1, 0.15) is 5.82 Å². The smallest absolute Gasteiger partial charge is 0.220 e. The summed E-state index contributed by atoms with van der Waals surface area (Å²) in [6, 6.07) is 14.3. The zero-order valence-electron chi connectivity index (χ0n) is 19.6. The number of nitrogens with zero attached hydrogens (tertiary/aromatic N) is 4. The van der Waals surface area contributed by atoms with Gasteiger partial charge in [0.15, 0.2) is 0 Å². The van der Waals surface area contributed by atoms with Crippen molar-refractivity contribution in [2.45, 2.75) is 57.5 Å². The van der Waals surface area contributed by atoms with Crippen LogP contribution in [0, 0.1) is 11.8 Å². The third-order valence-corrected chi connectivity index (χ3v) is 7.53. The second kappa shape index (κ2) is 10.0. The van der Waals surface area contributed by atoms with Gasteiger partial charge in [0.25, 0.3) is 0 Å². The number of fused-ring (bicyclic) bond motifs is 1. The highest BCUT2D eigenvalue weighted by molar-refractivity contribution is 5.77. The number of aryl methyl sites for hydroxylation is 1. The van der Waals surface area contributed by atoms with Gasteiger partial charge in [-0.05, 0) is 68.3 Å². The number of carbonyl (C=O) groups excluding carboxylic acids is 1. The van der Waals surface area contributed by atoms with Crippen LogP contribution in [0.4, 0.5) is 0 Å². The molecule has 1 aliphatic heterocycles. The Balaban J connectivity index is 1.30. The lowest BCUT2D eigenvalue weighted by Crippen LogP contribution is -2.43. The largest absolute Gasteiger partial charge is 0.347 e. The molecule has 6 heteroatoms. The second-order valence-electron chi connectivity index (χ2n) is 9.87. The topological polar surface area (TPSA) is 63.0 Å². The number of aromatic nitrogens is 3. The Morgan fingerprint density at radius 3 is 2.70 bits per heavy atom. The molecule has 0 radical (unpaired) electrons. The van der Waals surface area contributed by atoms with Gasteiger partial charge in [0.05, 0.1) is 29.3 Å². The highest BCUT2D eigenvalue weighted by Crippen LogP contribution is 2.32. The lowest BCUT2D eigenvalue weighted by molar-refractivity contribution is -0.123. The lowest BCUT2D eigenvalue weighted by Gasteiger charge is -2.37. The van der Waals surface area contributed by atoms with Crippen LogP contribution >= 0.6 is 0 Å². The van der Waals surface area contributed by atoms with Crippen LogP contribution in [-0.4, -0.2) is 38.4 Å². The number of piperidine rings is 1. The molecule has 0 bridgehead atoms. The molecule has 2 atom stereocenters. The van der Waals surface area contributed by atoms with Gasteiger partial charge < -0.3 is 9.88 Å². The molecule has 1 aliphatic carbocycles. The van der Waals surface area contributed by atoms with Crippen LogP contribution in [0.15, 0.2) is 48.7 Å². The molecule has 1 amide bonds. The summed E-state index contributed by atoms with van der Waals surface area (Å²) in [5, 5.41) is 3.40. The Bertz CT molecular complexity index is 1070. The Labute approximate surface area is 196 Å². The van der Waals surface area contributed by atoms with Crippen LogP contribution in [0.1, 0.15) is 62.5 Å². The van der Waals surface area contributed by atoms with E-state index < -0.39 is 0 Å². The molecule has 174 valence electrons. The standard InChI is InChI=1S/C27H35N5O/c1-31-24-14-5-4-12-22(24)29-25(31)19-32-16-8-11-21(18-32)27(23-13-6-7-15-28-23)30-26(33)17-20-9-2-3-10-20/h4-7,12-15,20-21,27H,2-3,8-11,16-19H2,1H3,(H,30,33)/t21-,27-/m1/s1. The number of amides is 1. The monoisotopic (exact) mass is 445 g/mol. The molecule has 2 aromatic heterocycles. The van der Waals surface area contributed by atoms with Crippen LogP contribution in [-0.2, 0) is 18.4 Å². The van der Waals surface area contributed by atoms with Crippen LogP contribution in [0.5, 0.6) is 0 Å². The van der Waals surface area contributed by atoms with Crippen molar-refractivity contribution in [3.63, 3.8) is 0 Å². The number of pyridine rings is 1. The third-order valence-electron chi connectivity index (χ3n) is 7.53. The SMILES string of the molecule is Cn1c(CN2CCC[C@@H]([C@@H](NC(=O)CC3CCCC3)c3ccccn3)C2)nc2ccccc21. The molecule has 1 N–H and O–H groups in total. The number of benzene rings is 1. The fourth-order valence-electron chi connectivity index (χ4n) is 5.75. The van der Waals surface area contributed by atoms with E-state index in [0.717, 1.165) is 49.5 Å². The van der Waals surface area contributed by atoms with Gasteiger partial charge in [-0.1, -0.05) is 31.0 Å². The van der Waals surface area contributed by atoms with Crippen molar-refractivity contribution in [1.29, 1.82) is 0 Å². The van der Waals surface area contributed by atoms with Crippen LogP contribution in [0.3, 0.4) is 0 Å². The molecule has 1 saturated heterocycles. The van der Waals surface area contributed by atoms with Gasteiger partial charge in [-0.2, -0.15) is 0 Å². The van der Waals surface area contributed by atoms with Gasteiger partial charge in [-0.25, -0.2) is 4.98 Å². The summed E-state index contributed by atoms with van der Waals surface area (Å²) >= 11 is 0. The van der Waals surface area contributed by atoms with E-state index in [-0.39, 0.29) is 11.9 Å². The summed E-state index contributed by atoms with van der Waals surface area (Å²) in [5.74, 6) is 2.17. The molecule has 2 aliphatic rings. The molecule has 6 nitrogen and oxygen atoms in total. The van der Waals surface area contributed by atoms with E-state index in [2.05, 4.69) is 51.1 Å². The predicted molar refractivity (Wildman–Crippen MR) is 130 cm³/mol. The Hall–Kier alpha value is -2.73. The molecular weight excluding hydrogens is 410 g/mol. The van der Waals surface area contributed by atoms with Crippen molar-refractivity contribution < 1.29 is 4.79 Å². The first-order valence-corrected chi connectivity index (χ1v) is 12.5. The first-order valence-electron chi connectivity index (χ1n) is 12.5. The summed E-state index contributed by atoms with van der Waals surface area (Å²) in [5.41, 5.74) is 3.20. The van der Waals surface area contributed by atoms with Crippen molar-refractivity contribution in [3.05, 3.63) is 60.2 Å². The number of imidazole rings is 1. The number of hydrogen-bond acceptors (Lipinski definition) is 4. The summed E-state index contributed by atoms with van der Waals surface area (Å²) in [7, 11) is 2.10. The van der Waals surface area contributed by atoms with E-state index in [1.807, 2.05) is 24.4 Å². The molecule has 2 fully saturated rings. The fourth-order valence-corrected chi connectivity index (χ4v) is 5.75. The van der Waals surface area contributed by atoms with Gasteiger partial charge in [-0.15, -0.1) is 0 Å². The van der Waals surface area contributed by atoms with E-state index in [4.69, 9.17) is 4.98 Å². The highest BCUT2D eigenvalue weighted by atomic mass is 16.1. The Kier molecular flexibility index (Phi) is 6.72. The number of rotatable bonds is 7. The lowest BCUT2D eigenvalue weighted by atomic mass is 9.88. The zero-order valence-corrected chi connectivity index (χ0v) is 19.6. The van der Waals surface area contributed by atoms with Crippen molar-refractivity contribution in [3.8, 4) is 0 Å². The molecule has 3 heterocycles. The summed E-state index contributed by atoms with van der Waals surface area (Å²) < 4.78 is 2.21. The normalized spacial score (nSPS) is 20.8. The summed E-state index contributed by atoms with van der Waals surface area (Å²) in [4.78, 5) is 25.0. The number of hydrogen-bond donors (Lipinski definition) is 1.